The van der Waals surface area contributed by atoms with E-state index in [2.05, 4.69) is 4.98 Å². The van der Waals surface area contributed by atoms with Gasteiger partial charge in [0.15, 0.2) is 34.9 Å². The second-order valence-corrected chi connectivity index (χ2v) is 3.54. The summed E-state index contributed by atoms with van der Waals surface area (Å²) in [5, 5.41) is 0. The van der Waals surface area contributed by atoms with Crippen LogP contribution < -0.4 is 5.73 Å². The lowest BCUT2D eigenvalue weighted by molar-refractivity contribution is 0.381. The van der Waals surface area contributed by atoms with E-state index in [1.807, 2.05) is 0 Å². The van der Waals surface area contributed by atoms with Crippen molar-refractivity contribution in [1.82, 2.24) is 4.98 Å². The summed E-state index contributed by atoms with van der Waals surface area (Å²) in [5.41, 5.74) is 3.17. The molecule has 100 valence electrons. The summed E-state index contributed by atoms with van der Waals surface area (Å²) in [7, 11) is 0. The predicted molar refractivity (Wildman–Crippen MR) is 53.8 cm³/mol. The van der Waals surface area contributed by atoms with Crippen molar-refractivity contribution < 1.29 is 26.3 Å². The number of rotatable bonds is 1. The fourth-order valence-electron chi connectivity index (χ4n) is 1.44. The Bertz CT molecular complexity index is 642. The lowest BCUT2D eigenvalue weighted by atomic mass is 10.1. The van der Waals surface area contributed by atoms with Gasteiger partial charge in [0, 0.05) is 11.8 Å². The van der Waals surface area contributed by atoms with Gasteiger partial charge in [0.1, 0.15) is 0 Å². The molecule has 0 saturated carbocycles. The van der Waals surface area contributed by atoms with E-state index in [4.69, 9.17) is 5.73 Å². The smallest absolute Gasteiger partial charge is 0.200 e. The van der Waals surface area contributed by atoms with Crippen molar-refractivity contribution >= 4 is 5.82 Å². The summed E-state index contributed by atoms with van der Waals surface area (Å²) in [6, 6.07) is 0.528. The largest absolute Gasteiger partial charge is 0.381 e. The maximum absolute atomic E-state index is 13.4. The Morgan fingerprint density at radius 1 is 0.789 bits per heavy atom. The number of aromatic nitrogens is 1. The molecule has 2 N–H and O–H groups in total. The first-order chi connectivity index (χ1) is 8.84. The molecule has 0 fully saturated rings. The van der Waals surface area contributed by atoms with E-state index in [9.17, 15) is 26.3 Å². The molecule has 2 aromatic rings. The quantitative estimate of drug-likeness (QED) is 0.494. The molecule has 2 rings (SSSR count). The van der Waals surface area contributed by atoms with E-state index in [0.717, 1.165) is 0 Å². The standard InChI is InChI=1S/C11H4F6N2/c12-4-1-3(2-19-11(4)18)5-6(13)8(15)10(17)9(16)7(5)14/h1-2H,(H2,18,19). The molecule has 0 unspecified atom stereocenters. The number of nitrogens with two attached hydrogens (primary N) is 1. The van der Waals surface area contributed by atoms with Crippen molar-refractivity contribution in [1.29, 1.82) is 0 Å². The van der Waals surface area contributed by atoms with E-state index in [0.29, 0.717) is 12.3 Å². The number of halogens is 6. The molecule has 0 amide bonds. The zero-order chi connectivity index (χ0) is 14.3. The molecule has 8 heteroatoms. The summed E-state index contributed by atoms with van der Waals surface area (Å²) in [4.78, 5) is 3.25. The lowest BCUT2D eigenvalue weighted by Crippen LogP contribution is -2.05. The lowest BCUT2D eigenvalue weighted by Gasteiger charge is -2.08. The molecule has 19 heavy (non-hydrogen) atoms. The number of anilines is 1. The molecule has 0 radical (unpaired) electrons. The third kappa shape index (κ3) is 1.98. The fraction of sp³-hybridized carbons (Fsp3) is 0. The highest BCUT2D eigenvalue weighted by atomic mass is 19.2. The highest BCUT2D eigenvalue weighted by Crippen LogP contribution is 2.31. The summed E-state index contributed by atoms with van der Waals surface area (Å²) in [6.45, 7) is 0. The second-order valence-electron chi connectivity index (χ2n) is 3.54. The van der Waals surface area contributed by atoms with Crippen LogP contribution >= 0.6 is 0 Å². The minimum Gasteiger partial charge on any atom is -0.381 e. The van der Waals surface area contributed by atoms with Crippen molar-refractivity contribution in [3.8, 4) is 11.1 Å². The SMILES string of the molecule is Nc1ncc(-c2c(F)c(F)c(F)c(F)c2F)cc1F. The molecule has 0 spiro atoms. The monoisotopic (exact) mass is 278 g/mol. The van der Waals surface area contributed by atoms with E-state index in [1.165, 1.54) is 0 Å². The molecule has 0 aliphatic heterocycles. The highest BCUT2D eigenvalue weighted by molar-refractivity contribution is 5.65. The number of hydrogen-bond acceptors (Lipinski definition) is 2. The Labute approximate surface area is 102 Å². The van der Waals surface area contributed by atoms with Crippen LogP contribution in [0.1, 0.15) is 0 Å². The Morgan fingerprint density at radius 2 is 1.26 bits per heavy atom. The molecule has 2 nitrogen and oxygen atoms in total. The summed E-state index contributed by atoms with van der Waals surface area (Å²) >= 11 is 0. The number of pyridine rings is 1. The van der Waals surface area contributed by atoms with Gasteiger partial charge in [0.05, 0.1) is 5.56 Å². The van der Waals surface area contributed by atoms with Crippen molar-refractivity contribution in [2.75, 3.05) is 5.73 Å². The molecule has 0 atom stereocenters. The van der Waals surface area contributed by atoms with Gasteiger partial charge in [0.2, 0.25) is 5.82 Å². The number of benzene rings is 1. The van der Waals surface area contributed by atoms with E-state index < -0.39 is 51.8 Å². The second kappa shape index (κ2) is 4.45. The van der Waals surface area contributed by atoms with Gasteiger partial charge in [-0.3, -0.25) is 0 Å². The summed E-state index contributed by atoms with van der Waals surface area (Å²) in [5.74, 6) is -12.4. The minimum atomic E-state index is -2.29. The van der Waals surface area contributed by atoms with Crippen LogP contribution in [0.15, 0.2) is 12.3 Å². The number of nitrogen functional groups attached to an aromatic ring is 1. The molecular weight excluding hydrogens is 274 g/mol. The van der Waals surface area contributed by atoms with Gasteiger partial charge < -0.3 is 5.73 Å². The van der Waals surface area contributed by atoms with Crippen LogP contribution in [0, 0.1) is 34.9 Å². The van der Waals surface area contributed by atoms with Crippen LogP contribution in [0.25, 0.3) is 11.1 Å². The normalized spacial score (nSPS) is 10.8. The van der Waals surface area contributed by atoms with Crippen LogP contribution in [-0.2, 0) is 0 Å². The van der Waals surface area contributed by atoms with Crippen molar-refractivity contribution in [3.63, 3.8) is 0 Å². The first-order valence-corrected chi connectivity index (χ1v) is 4.77. The molecule has 0 saturated heterocycles. The van der Waals surface area contributed by atoms with E-state index >= 15 is 0 Å². The Morgan fingerprint density at radius 3 is 1.74 bits per heavy atom. The zero-order valence-corrected chi connectivity index (χ0v) is 8.95. The van der Waals surface area contributed by atoms with Gasteiger partial charge in [-0.05, 0) is 6.07 Å². The molecule has 1 heterocycles. The first kappa shape index (κ1) is 13.2. The minimum absolute atomic E-state index is 0.528. The summed E-state index contributed by atoms with van der Waals surface area (Å²) < 4.78 is 78.7. The molecule has 0 aliphatic carbocycles. The van der Waals surface area contributed by atoms with E-state index in [1.54, 1.807) is 0 Å². The molecular formula is C11H4F6N2. The maximum atomic E-state index is 13.4. The van der Waals surface area contributed by atoms with Crippen molar-refractivity contribution in [2.24, 2.45) is 0 Å². The van der Waals surface area contributed by atoms with Gasteiger partial charge in [-0.2, -0.15) is 0 Å². The third-order valence-electron chi connectivity index (χ3n) is 2.37. The van der Waals surface area contributed by atoms with Crippen LogP contribution in [0.2, 0.25) is 0 Å². The van der Waals surface area contributed by atoms with Crippen LogP contribution in [0.3, 0.4) is 0 Å². The van der Waals surface area contributed by atoms with Crippen molar-refractivity contribution in [2.45, 2.75) is 0 Å². The Kier molecular flexibility index (Phi) is 3.09. The zero-order valence-electron chi connectivity index (χ0n) is 8.95. The van der Waals surface area contributed by atoms with E-state index in [-0.39, 0.29) is 0 Å². The first-order valence-electron chi connectivity index (χ1n) is 4.77. The molecule has 1 aromatic carbocycles. The van der Waals surface area contributed by atoms with Gasteiger partial charge >= 0.3 is 0 Å². The van der Waals surface area contributed by atoms with Gasteiger partial charge in [-0.1, -0.05) is 0 Å². The van der Waals surface area contributed by atoms with Crippen LogP contribution in [0.4, 0.5) is 32.2 Å². The van der Waals surface area contributed by atoms with Gasteiger partial charge in [-0.25, -0.2) is 31.3 Å². The van der Waals surface area contributed by atoms with Gasteiger partial charge in [0.25, 0.3) is 0 Å². The molecule has 1 aromatic heterocycles. The highest BCUT2D eigenvalue weighted by Gasteiger charge is 2.27. The maximum Gasteiger partial charge on any atom is 0.200 e. The van der Waals surface area contributed by atoms with Crippen LogP contribution in [0.5, 0.6) is 0 Å². The average Bonchev–Trinajstić information content (AvgIpc) is 2.38. The Balaban J connectivity index is 2.79. The fourth-order valence-corrected chi connectivity index (χ4v) is 1.44. The molecule has 0 bridgehead atoms. The topological polar surface area (TPSA) is 38.9 Å². The number of hydrogen-bond donors (Lipinski definition) is 1. The predicted octanol–water partition coefficient (Wildman–Crippen LogP) is 3.17. The third-order valence-corrected chi connectivity index (χ3v) is 2.37. The Hall–Kier alpha value is -2.25. The summed E-state index contributed by atoms with van der Waals surface area (Å²) in [6.07, 6.45) is 0.705. The van der Waals surface area contributed by atoms with Gasteiger partial charge in [-0.15, -0.1) is 0 Å². The van der Waals surface area contributed by atoms with Crippen molar-refractivity contribution in [3.05, 3.63) is 47.2 Å². The molecule has 0 aliphatic rings. The van der Waals surface area contributed by atoms with Crippen LogP contribution in [-0.4, -0.2) is 4.98 Å². The average molecular weight is 278 g/mol. The number of nitrogens with zero attached hydrogens (tertiary/aromatic N) is 1.